The van der Waals surface area contributed by atoms with E-state index < -0.39 is 0 Å². The zero-order valence-corrected chi connectivity index (χ0v) is 41.2. The third-order valence-corrected chi connectivity index (χ3v) is 12.5. The van der Waals surface area contributed by atoms with Gasteiger partial charge in [-0.1, -0.05) is 23.3 Å². The third-order valence-electron chi connectivity index (χ3n) is 12.5. The number of rotatable bonds is 26. The third kappa shape index (κ3) is 13.3. The van der Waals surface area contributed by atoms with E-state index in [1.165, 1.54) is 25.4 Å². The van der Waals surface area contributed by atoms with Gasteiger partial charge in [0.2, 0.25) is 0 Å². The Labute approximate surface area is 410 Å². The number of hydrogen-bond acceptors (Lipinski definition) is 16. The first-order chi connectivity index (χ1) is 34.1. The molecule has 0 aliphatic carbocycles. The van der Waals surface area contributed by atoms with Gasteiger partial charge >= 0.3 is 5.97 Å². The summed E-state index contributed by atoms with van der Waals surface area (Å²) in [5, 5.41) is 0. The van der Waals surface area contributed by atoms with Gasteiger partial charge in [0, 0.05) is 76.4 Å². The van der Waals surface area contributed by atoms with Crippen molar-refractivity contribution in [2.24, 2.45) is 9.98 Å². The van der Waals surface area contributed by atoms with E-state index in [4.69, 9.17) is 57.6 Å². The quantitative estimate of drug-likeness (QED) is 0.0470. The summed E-state index contributed by atoms with van der Waals surface area (Å²) in [5.74, 6) is 1.61. The number of esters is 1. The molecule has 4 aliphatic heterocycles. The average molecular weight is 967 g/mol. The molecule has 0 unspecified atom stereocenters. The van der Waals surface area contributed by atoms with Crippen LogP contribution in [-0.2, 0) is 37.0 Å². The fourth-order valence-electron chi connectivity index (χ4n) is 8.65. The van der Waals surface area contributed by atoms with E-state index in [2.05, 4.69) is 17.1 Å². The molecule has 3 aromatic rings. The number of hydrogen-bond donors (Lipinski definition) is 0. The largest absolute Gasteiger partial charge is 0.493 e. The monoisotopic (exact) mass is 966 g/mol. The summed E-state index contributed by atoms with van der Waals surface area (Å²) >= 11 is 0. The standard InChI is InChI=1S/C52H66N6O12/c1-7-35-21-39-29-53-44-27-48(46(63-5)25-42(44)51(60)57(39)31-35)69-33-37-23-41(68-16-14-56(12-10-11-50(59)67-9-3)13-15-65-19-20-66-18-17-62-4)24-38(55-37)34-70-49-28-45-43(26-47(49)64-6)52(61)58-32-36(8-2)22-40(58)30-54-45/h7-8,23-30,39-40H,9-22,31-34H2,1-6H3/b35-7+,36-8+/t39-,40-/m0/s1. The summed E-state index contributed by atoms with van der Waals surface area (Å²) < 4.78 is 52.3. The first-order valence-electron chi connectivity index (χ1n) is 24.0. The highest BCUT2D eigenvalue weighted by molar-refractivity contribution is 6.04. The average Bonchev–Trinajstić information content (AvgIpc) is 3.94. The highest BCUT2D eigenvalue weighted by atomic mass is 16.5. The molecule has 2 saturated heterocycles. The van der Waals surface area contributed by atoms with E-state index in [0.717, 1.165) is 12.8 Å². The van der Waals surface area contributed by atoms with Gasteiger partial charge in [-0.2, -0.15) is 0 Å². The highest BCUT2D eigenvalue weighted by Gasteiger charge is 2.36. The number of benzene rings is 2. The molecule has 18 nitrogen and oxygen atoms in total. The van der Waals surface area contributed by atoms with Crippen molar-refractivity contribution >= 4 is 41.6 Å². The van der Waals surface area contributed by atoms with Crippen LogP contribution in [0.3, 0.4) is 0 Å². The van der Waals surface area contributed by atoms with Crippen LogP contribution in [0.2, 0.25) is 0 Å². The van der Waals surface area contributed by atoms with E-state index in [9.17, 15) is 14.4 Å². The lowest BCUT2D eigenvalue weighted by molar-refractivity contribution is -0.143. The Bertz CT molecular complexity index is 2300. The smallest absolute Gasteiger partial charge is 0.305 e. The van der Waals surface area contributed by atoms with Crippen LogP contribution in [0.5, 0.6) is 28.7 Å². The molecule has 2 atom stereocenters. The maximum Gasteiger partial charge on any atom is 0.305 e. The van der Waals surface area contributed by atoms with Crippen LogP contribution in [-0.4, -0.2) is 162 Å². The van der Waals surface area contributed by atoms with Crippen molar-refractivity contribution in [3.8, 4) is 28.7 Å². The van der Waals surface area contributed by atoms with Gasteiger partial charge in [-0.3, -0.25) is 34.3 Å². The molecule has 0 saturated carbocycles. The van der Waals surface area contributed by atoms with Crippen molar-refractivity contribution in [1.82, 2.24) is 19.7 Å². The fraction of sp³-hybridized carbons (Fsp3) is 0.500. The van der Waals surface area contributed by atoms with Crippen LogP contribution in [0, 0.1) is 0 Å². The van der Waals surface area contributed by atoms with E-state index in [1.807, 2.05) is 36.1 Å². The molecule has 4 aliphatic rings. The molecule has 7 rings (SSSR count). The predicted molar refractivity (Wildman–Crippen MR) is 263 cm³/mol. The predicted octanol–water partition coefficient (Wildman–Crippen LogP) is 6.71. The molecule has 2 fully saturated rings. The van der Waals surface area contributed by atoms with Crippen molar-refractivity contribution in [2.75, 3.05) is 100 Å². The number of fused-ring (bicyclic) bond motifs is 4. The Morgan fingerprint density at radius 3 is 1.71 bits per heavy atom. The summed E-state index contributed by atoms with van der Waals surface area (Å²) in [7, 11) is 4.69. The van der Waals surface area contributed by atoms with Gasteiger partial charge in [0.05, 0.1) is 99.8 Å². The Balaban J connectivity index is 1.09. The zero-order chi connectivity index (χ0) is 49.4. The highest BCUT2D eigenvalue weighted by Crippen LogP contribution is 2.41. The van der Waals surface area contributed by atoms with Crippen molar-refractivity contribution < 1.29 is 57.0 Å². The topological polar surface area (TPSA) is 182 Å². The second kappa shape index (κ2) is 25.5. The number of pyridine rings is 1. The summed E-state index contributed by atoms with van der Waals surface area (Å²) in [6.45, 7) is 11.7. The summed E-state index contributed by atoms with van der Waals surface area (Å²) in [6, 6.07) is 10.2. The molecule has 5 heterocycles. The van der Waals surface area contributed by atoms with Gasteiger partial charge in [0.15, 0.2) is 23.0 Å². The number of aromatic nitrogens is 1. The molecule has 0 spiro atoms. The van der Waals surface area contributed by atoms with E-state index in [0.29, 0.717) is 154 Å². The zero-order valence-electron chi connectivity index (χ0n) is 41.2. The minimum absolute atomic E-state index is 0.00844. The molecule has 0 bridgehead atoms. The molecule has 1 aromatic heterocycles. The molecular weight excluding hydrogens is 901 g/mol. The number of aliphatic imine (C=N–C) groups is 2. The lowest BCUT2D eigenvalue weighted by Gasteiger charge is -2.22. The Hall–Kier alpha value is -6.34. The molecule has 0 N–H and O–H groups in total. The summed E-state index contributed by atoms with van der Waals surface area (Å²) in [6.07, 6.45) is 10.2. The molecule has 18 heteroatoms. The molecule has 0 radical (unpaired) electrons. The number of carbonyl (C=O) groups excluding carboxylic acids is 3. The first kappa shape index (κ1) is 51.5. The van der Waals surface area contributed by atoms with E-state index >= 15 is 0 Å². The summed E-state index contributed by atoms with van der Waals surface area (Å²) in [4.78, 5) is 59.9. The van der Waals surface area contributed by atoms with Gasteiger partial charge in [-0.05, 0) is 58.7 Å². The first-order valence-corrected chi connectivity index (χ1v) is 24.0. The molecule has 2 aromatic carbocycles. The van der Waals surface area contributed by atoms with Crippen LogP contribution in [0.15, 0.2) is 69.7 Å². The Morgan fingerprint density at radius 2 is 1.20 bits per heavy atom. The van der Waals surface area contributed by atoms with Crippen molar-refractivity contribution in [3.05, 3.63) is 82.2 Å². The number of methoxy groups -OCH3 is 3. The maximum atomic E-state index is 13.7. The SMILES string of the molecule is C/C=C1\C[C@H]2C=Nc3cc(OCc4cc(OCCN(CCCC(=O)OCC)CCOCCOCCOC)cc(COc5cc6c(cc5OC)C(=O)N5C/C(=C/C)C[C@H]5C=N6)n4)c(OC)cc3C(=O)N2C1. The van der Waals surface area contributed by atoms with Gasteiger partial charge in [0.1, 0.15) is 25.6 Å². The van der Waals surface area contributed by atoms with Crippen molar-refractivity contribution in [1.29, 1.82) is 0 Å². The van der Waals surface area contributed by atoms with Crippen LogP contribution in [0.25, 0.3) is 0 Å². The van der Waals surface area contributed by atoms with Crippen LogP contribution < -0.4 is 23.7 Å². The minimum atomic E-state index is -0.231. The summed E-state index contributed by atoms with van der Waals surface area (Å²) in [5.41, 5.74) is 5.32. The second-order valence-corrected chi connectivity index (χ2v) is 17.1. The van der Waals surface area contributed by atoms with E-state index in [-0.39, 0.29) is 43.1 Å². The fourth-order valence-corrected chi connectivity index (χ4v) is 8.65. The van der Waals surface area contributed by atoms with Gasteiger partial charge < -0.3 is 52.4 Å². The number of ether oxygens (including phenoxy) is 9. The molecule has 70 heavy (non-hydrogen) atoms. The van der Waals surface area contributed by atoms with Crippen LogP contribution in [0.4, 0.5) is 11.4 Å². The van der Waals surface area contributed by atoms with Gasteiger partial charge in [-0.25, -0.2) is 0 Å². The van der Waals surface area contributed by atoms with E-state index in [1.54, 1.807) is 50.4 Å². The number of allylic oxidation sites excluding steroid dienone is 2. The Morgan fingerprint density at radius 1 is 0.671 bits per heavy atom. The number of carbonyl (C=O) groups is 3. The van der Waals surface area contributed by atoms with Crippen molar-refractivity contribution in [3.63, 3.8) is 0 Å². The van der Waals surface area contributed by atoms with Crippen LogP contribution in [0.1, 0.15) is 78.6 Å². The molecular formula is C52H66N6O12. The molecule has 376 valence electrons. The van der Waals surface area contributed by atoms with Gasteiger partial charge in [0.25, 0.3) is 11.8 Å². The van der Waals surface area contributed by atoms with Crippen LogP contribution >= 0.6 is 0 Å². The van der Waals surface area contributed by atoms with Crippen molar-refractivity contribution in [2.45, 2.75) is 71.8 Å². The second-order valence-electron chi connectivity index (χ2n) is 17.1. The lowest BCUT2D eigenvalue weighted by atomic mass is 10.1. The maximum absolute atomic E-state index is 13.7. The Kier molecular flexibility index (Phi) is 18.8. The van der Waals surface area contributed by atoms with Gasteiger partial charge in [-0.15, -0.1) is 0 Å². The normalized spacial score (nSPS) is 18.2. The number of nitrogens with zero attached hydrogens (tertiary/aromatic N) is 6. The number of amides is 2. The molecule has 2 amide bonds. The minimum Gasteiger partial charge on any atom is -0.493 e. The lowest BCUT2D eigenvalue weighted by Crippen LogP contribution is -2.35.